The molecule has 0 spiro atoms. The topological polar surface area (TPSA) is 78.6 Å². The predicted octanol–water partition coefficient (Wildman–Crippen LogP) is 1.70. The second-order valence-electron chi connectivity index (χ2n) is 2.48. The van der Waals surface area contributed by atoms with E-state index >= 15 is 0 Å². The molecule has 4 radical (unpaired) electrons. The van der Waals surface area contributed by atoms with Crippen molar-refractivity contribution < 1.29 is 38.5 Å². The van der Waals surface area contributed by atoms with Gasteiger partial charge in [-0.15, -0.1) is 0 Å². The summed E-state index contributed by atoms with van der Waals surface area (Å²) in [5.41, 5.74) is 4.54. The summed E-state index contributed by atoms with van der Waals surface area (Å²) in [5, 5.41) is 0. The molecule has 0 bridgehead atoms. The summed E-state index contributed by atoms with van der Waals surface area (Å²) in [4.78, 5) is 19.9. The van der Waals surface area contributed by atoms with Crippen LogP contribution >= 0.6 is 0 Å². The Hall–Kier alpha value is -0.897. The normalized spacial score (nSPS) is 7.18. The van der Waals surface area contributed by atoms with Gasteiger partial charge < -0.3 is 15.2 Å². The average molecular weight is 295 g/mol. The zero-order valence-corrected chi connectivity index (χ0v) is 13.5. The summed E-state index contributed by atoms with van der Waals surface area (Å²) in [5.74, 6) is -0.330. The molecule has 17 heavy (non-hydrogen) atoms. The first kappa shape index (κ1) is 25.1. The van der Waals surface area contributed by atoms with Crippen LogP contribution in [0.15, 0.2) is 12.7 Å². The van der Waals surface area contributed by atoms with E-state index in [1.165, 1.54) is 6.08 Å². The molecule has 0 aliphatic heterocycles. The van der Waals surface area contributed by atoms with Crippen molar-refractivity contribution in [2.45, 2.75) is 26.7 Å². The summed E-state index contributed by atoms with van der Waals surface area (Å²) in [6.45, 7) is 7.88. The minimum absolute atomic E-state index is 0. The van der Waals surface area contributed by atoms with E-state index in [9.17, 15) is 9.59 Å². The van der Waals surface area contributed by atoms with Gasteiger partial charge in [0.05, 0.1) is 13.2 Å². The van der Waals surface area contributed by atoms with E-state index in [1.54, 1.807) is 6.92 Å². The van der Waals surface area contributed by atoms with Crippen molar-refractivity contribution in [3.8, 4) is 0 Å². The van der Waals surface area contributed by atoms with Gasteiger partial charge in [-0.2, -0.15) is 0 Å². The third-order valence-electron chi connectivity index (χ3n) is 1.20. The fourth-order valence-electron chi connectivity index (χ4n) is 0.518. The maximum Gasteiger partial charge on any atom is 0.404 e. The Morgan fingerprint density at radius 1 is 1.29 bits per heavy atom. The zero-order valence-electron chi connectivity index (χ0n) is 10.5. The van der Waals surface area contributed by atoms with Gasteiger partial charge in [0.15, 0.2) is 0 Å². The van der Waals surface area contributed by atoms with Crippen LogP contribution in [-0.2, 0) is 33.7 Å². The predicted molar refractivity (Wildman–Crippen MR) is 60.5 cm³/mol. The molecular weight excluding hydrogens is 276 g/mol. The molecule has 6 heteroatoms. The quantitative estimate of drug-likeness (QED) is 0.362. The van der Waals surface area contributed by atoms with Gasteiger partial charge in [0.2, 0.25) is 0 Å². The van der Waals surface area contributed by atoms with Crippen LogP contribution in [0, 0.1) is 7.43 Å². The monoisotopic (exact) mass is 293 g/mol. The molecule has 2 N–H and O–H groups in total. The molecule has 0 unspecified atom stereocenters. The van der Waals surface area contributed by atoms with Gasteiger partial charge in [-0.1, -0.05) is 19.9 Å². The van der Waals surface area contributed by atoms with E-state index in [0.717, 1.165) is 12.8 Å². The average Bonchev–Trinajstić information content (AvgIpc) is 2.18. The van der Waals surface area contributed by atoms with Gasteiger partial charge in [0.25, 0.3) is 0 Å². The van der Waals surface area contributed by atoms with E-state index in [1.807, 2.05) is 6.92 Å². The molecule has 0 aromatic heterocycles. The number of hydrogen-bond acceptors (Lipinski definition) is 4. The Balaban J connectivity index is -0.0000000945. The van der Waals surface area contributed by atoms with Gasteiger partial charge in [0, 0.05) is 33.0 Å². The third-order valence-corrected chi connectivity index (χ3v) is 1.20. The van der Waals surface area contributed by atoms with E-state index in [2.05, 4.69) is 21.8 Å². The number of nitrogens with two attached hydrogens (primary N) is 1. The molecule has 0 heterocycles. The minimum Gasteiger partial charge on any atom is -0.463 e. The minimum atomic E-state index is -0.711. The molecule has 0 saturated heterocycles. The molecule has 5 nitrogen and oxygen atoms in total. The van der Waals surface area contributed by atoms with Crippen LogP contribution in [-0.4, -0.2) is 25.3 Å². The van der Waals surface area contributed by atoms with Crippen molar-refractivity contribution in [2.75, 3.05) is 13.2 Å². The molecule has 0 atom stereocenters. The molecule has 94 valence electrons. The third kappa shape index (κ3) is 31.3. The van der Waals surface area contributed by atoms with Crippen molar-refractivity contribution >= 4 is 12.1 Å². The first-order chi connectivity index (χ1) is 7.08. The number of rotatable bonds is 5. The summed E-state index contributed by atoms with van der Waals surface area (Å²) < 4.78 is 8.86. The molecule has 0 aromatic carbocycles. The number of unbranched alkanes of at least 4 members (excludes halogenated alkanes) is 1. The van der Waals surface area contributed by atoms with Gasteiger partial charge >= 0.3 is 12.1 Å². The second kappa shape index (κ2) is 20.5. The van der Waals surface area contributed by atoms with E-state index in [0.29, 0.717) is 13.2 Å². The largest absolute Gasteiger partial charge is 0.463 e. The van der Waals surface area contributed by atoms with Crippen LogP contribution in [0.25, 0.3) is 0 Å². The van der Waals surface area contributed by atoms with Crippen LogP contribution in [0.3, 0.4) is 0 Å². The van der Waals surface area contributed by atoms with Gasteiger partial charge in [-0.3, -0.25) is 0 Å². The first-order valence-electron chi connectivity index (χ1n) is 4.79. The molecule has 0 aromatic rings. The summed E-state index contributed by atoms with van der Waals surface area (Å²) in [6, 6.07) is 0. The molecule has 0 aliphatic rings. The van der Waals surface area contributed by atoms with Gasteiger partial charge in [-0.25, -0.2) is 9.59 Å². The van der Waals surface area contributed by atoms with Crippen LogP contribution in [0.5, 0.6) is 0 Å². The molecule has 0 rings (SSSR count). The van der Waals surface area contributed by atoms with Crippen molar-refractivity contribution in [1.82, 2.24) is 0 Å². The van der Waals surface area contributed by atoms with Gasteiger partial charge in [0.1, 0.15) is 0 Å². The standard InChI is InChI=1S/C7H12O2.C3H7NO2.C.Zn/c1-3-5-6-9-7(8)4-2;1-2-6-3(4)5;;/h4H,2-3,5-6H2,1H3;2H2,1H3,(H2,4,5);;. The fourth-order valence-corrected chi connectivity index (χ4v) is 0.518. The second-order valence-corrected chi connectivity index (χ2v) is 2.48. The number of esters is 1. The maximum atomic E-state index is 10.3. The van der Waals surface area contributed by atoms with Crippen LogP contribution in [0.4, 0.5) is 4.79 Å². The molecule has 0 saturated carbocycles. The number of ether oxygens (including phenoxy) is 2. The van der Waals surface area contributed by atoms with E-state index in [4.69, 9.17) is 0 Å². The molecule has 0 aliphatic carbocycles. The Morgan fingerprint density at radius 3 is 2.06 bits per heavy atom. The van der Waals surface area contributed by atoms with Gasteiger partial charge in [-0.05, 0) is 13.3 Å². The van der Waals surface area contributed by atoms with Crippen LogP contribution in [0.2, 0.25) is 0 Å². The molecular formula is C11H19NO4Zn. The number of primary amides is 1. The fraction of sp³-hybridized carbons (Fsp3) is 0.545. The smallest absolute Gasteiger partial charge is 0.404 e. The van der Waals surface area contributed by atoms with Crippen molar-refractivity contribution in [3.05, 3.63) is 20.1 Å². The first-order valence-corrected chi connectivity index (χ1v) is 4.79. The van der Waals surface area contributed by atoms with E-state index < -0.39 is 6.09 Å². The number of amides is 1. The number of carbonyl (C=O) groups excluding carboxylic acids is 2. The SMILES string of the molecule is C=CC(=O)OCCCC.CCOC(N)=O.[C].[Zn]. The van der Waals surface area contributed by atoms with Crippen molar-refractivity contribution in [3.63, 3.8) is 0 Å². The zero-order chi connectivity index (χ0) is 12.1. The summed E-state index contributed by atoms with van der Waals surface area (Å²) in [7, 11) is 0. The Bertz CT molecular complexity index is 198. The number of hydrogen-bond donors (Lipinski definition) is 1. The van der Waals surface area contributed by atoms with Crippen molar-refractivity contribution in [1.29, 1.82) is 0 Å². The Kier molecular flexibility index (Phi) is 30.2. The molecule has 1 amide bonds. The van der Waals surface area contributed by atoms with Crippen LogP contribution < -0.4 is 5.73 Å². The summed E-state index contributed by atoms with van der Waals surface area (Å²) in [6.07, 6.45) is 2.44. The van der Waals surface area contributed by atoms with Crippen LogP contribution in [0.1, 0.15) is 26.7 Å². The number of carbonyl (C=O) groups is 2. The summed E-state index contributed by atoms with van der Waals surface area (Å²) >= 11 is 0. The Labute approximate surface area is 116 Å². The molecule has 0 fully saturated rings. The Morgan fingerprint density at radius 2 is 1.82 bits per heavy atom. The maximum absolute atomic E-state index is 10.3. The van der Waals surface area contributed by atoms with Crippen molar-refractivity contribution in [2.24, 2.45) is 5.73 Å². The van der Waals surface area contributed by atoms with E-state index in [-0.39, 0.29) is 32.9 Å².